The van der Waals surface area contributed by atoms with Crippen molar-refractivity contribution in [2.45, 2.75) is 45.1 Å². The molecule has 0 spiro atoms. The number of fused-ring (bicyclic) bond motifs is 2. The molecule has 0 radical (unpaired) electrons. The smallest absolute Gasteiger partial charge is 0.291 e. The van der Waals surface area contributed by atoms with Crippen LogP contribution in [0, 0.1) is 0 Å². The van der Waals surface area contributed by atoms with Crippen LogP contribution in [0.1, 0.15) is 56.5 Å². The van der Waals surface area contributed by atoms with Crippen molar-refractivity contribution in [3.63, 3.8) is 0 Å². The molecule has 8 nitrogen and oxygen atoms in total. The van der Waals surface area contributed by atoms with E-state index in [1.54, 1.807) is 7.11 Å². The number of nitrogens with zero attached hydrogens (tertiary/aromatic N) is 3. The van der Waals surface area contributed by atoms with Gasteiger partial charge in [-0.05, 0) is 42.3 Å². The van der Waals surface area contributed by atoms with Crippen molar-refractivity contribution in [3.8, 4) is 23.0 Å². The normalized spacial score (nSPS) is 15.4. The summed E-state index contributed by atoms with van der Waals surface area (Å²) >= 11 is 1.28. The van der Waals surface area contributed by atoms with Crippen LogP contribution in [0.5, 0.6) is 23.0 Å². The highest BCUT2D eigenvalue weighted by atomic mass is 32.1. The molecule has 0 aliphatic carbocycles. The first-order chi connectivity index (χ1) is 17.7. The van der Waals surface area contributed by atoms with Gasteiger partial charge in [-0.1, -0.05) is 62.1 Å². The Morgan fingerprint density at radius 1 is 1.11 bits per heavy atom. The Balaban J connectivity index is 1.31. The predicted molar refractivity (Wildman–Crippen MR) is 138 cm³/mol. The molecular weight excluding hydrogens is 478 g/mol. The lowest BCUT2D eigenvalue weighted by atomic mass is 10.1. The number of aromatic nitrogens is 3. The summed E-state index contributed by atoms with van der Waals surface area (Å²) in [5, 5.41) is 4.41. The zero-order valence-electron chi connectivity index (χ0n) is 20.4. The molecule has 4 aromatic rings. The molecule has 5 rings (SSSR count). The molecule has 2 aromatic carbocycles. The minimum atomic E-state index is -0.470. The fourth-order valence-electron chi connectivity index (χ4n) is 4.06. The highest BCUT2D eigenvalue weighted by molar-refractivity contribution is 7.15. The number of thiazole rings is 1. The van der Waals surface area contributed by atoms with E-state index in [0.717, 1.165) is 18.4 Å². The van der Waals surface area contributed by atoms with Crippen LogP contribution in [0.2, 0.25) is 0 Å². The van der Waals surface area contributed by atoms with Gasteiger partial charge in [0.05, 0.1) is 18.2 Å². The third-order valence-corrected chi connectivity index (χ3v) is 6.94. The minimum absolute atomic E-state index is 0.225. The molecule has 0 amide bonds. The number of methoxy groups -OCH3 is 1. The Morgan fingerprint density at radius 2 is 1.94 bits per heavy atom. The van der Waals surface area contributed by atoms with Crippen molar-refractivity contribution in [1.82, 2.24) is 14.6 Å². The van der Waals surface area contributed by atoms with Crippen molar-refractivity contribution < 1.29 is 18.9 Å². The predicted octanol–water partition coefficient (Wildman–Crippen LogP) is 4.57. The van der Waals surface area contributed by atoms with Gasteiger partial charge in [-0.25, -0.2) is 0 Å². The van der Waals surface area contributed by atoms with E-state index in [2.05, 4.69) is 17.0 Å². The Hall–Kier alpha value is -3.59. The summed E-state index contributed by atoms with van der Waals surface area (Å²) in [7, 11) is 1.62. The second kappa shape index (κ2) is 11.0. The molecule has 1 aliphatic rings. The number of hydrogen-bond donors (Lipinski definition) is 0. The van der Waals surface area contributed by atoms with Gasteiger partial charge < -0.3 is 18.9 Å². The Labute approximate surface area is 213 Å². The van der Waals surface area contributed by atoms with Crippen LogP contribution in [-0.2, 0) is 0 Å². The van der Waals surface area contributed by atoms with Gasteiger partial charge in [0.15, 0.2) is 34.9 Å². The van der Waals surface area contributed by atoms with E-state index in [4.69, 9.17) is 18.9 Å². The first kappa shape index (κ1) is 24.1. The average Bonchev–Trinajstić information content (AvgIpc) is 3.45. The maximum Gasteiger partial charge on any atom is 0.291 e. The molecule has 0 N–H and O–H groups in total. The summed E-state index contributed by atoms with van der Waals surface area (Å²) in [5.74, 6) is 3.10. The van der Waals surface area contributed by atoms with E-state index in [9.17, 15) is 4.79 Å². The lowest BCUT2D eigenvalue weighted by Crippen LogP contribution is -2.26. The van der Waals surface area contributed by atoms with Crippen molar-refractivity contribution in [2.75, 3.05) is 20.3 Å². The Morgan fingerprint density at radius 3 is 2.75 bits per heavy atom. The molecule has 0 fully saturated rings. The lowest BCUT2D eigenvalue weighted by Gasteiger charge is -2.24. The molecule has 0 bridgehead atoms. The molecule has 1 aliphatic heterocycles. The minimum Gasteiger partial charge on any atom is -0.493 e. The molecule has 9 heteroatoms. The van der Waals surface area contributed by atoms with Crippen LogP contribution in [0.4, 0.5) is 0 Å². The molecule has 1 atom stereocenters. The third kappa shape index (κ3) is 5.16. The van der Waals surface area contributed by atoms with Gasteiger partial charge in [0.25, 0.3) is 5.56 Å². The quantitative estimate of drug-likeness (QED) is 0.291. The molecule has 3 heterocycles. The van der Waals surface area contributed by atoms with Gasteiger partial charge in [-0.2, -0.15) is 9.50 Å². The van der Waals surface area contributed by atoms with Crippen LogP contribution in [0.3, 0.4) is 0 Å². The summed E-state index contributed by atoms with van der Waals surface area (Å²) < 4.78 is 25.0. The number of ether oxygens (including phenoxy) is 4. The zero-order valence-corrected chi connectivity index (χ0v) is 21.3. The van der Waals surface area contributed by atoms with Gasteiger partial charge in [-0.3, -0.25) is 4.79 Å². The fraction of sp³-hybridized carbons (Fsp3) is 0.370. The van der Waals surface area contributed by atoms with Crippen LogP contribution < -0.4 is 29.0 Å². The number of benzene rings is 2. The monoisotopic (exact) mass is 507 g/mol. The molecule has 188 valence electrons. The molecule has 0 saturated heterocycles. The van der Waals surface area contributed by atoms with Crippen LogP contribution in [0.15, 0.2) is 47.3 Å². The van der Waals surface area contributed by atoms with E-state index in [1.807, 2.05) is 48.5 Å². The van der Waals surface area contributed by atoms with E-state index >= 15 is 0 Å². The molecule has 0 saturated carbocycles. The topological polar surface area (TPSA) is 84.2 Å². The maximum atomic E-state index is 13.0. The second-order valence-corrected chi connectivity index (χ2v) is 9.63. The Bertz CT molecular complexity index is 1450. The Kier molecular flexibility index (Phi) is 7.36. The average molecular weight is 508 g/mol. The lowest BCUT2D eigenvalue weighted by molar-refractivity contribution is 0.0852. The maximum absolute atomic E-state index is 13.0. The van der Waals surface area contributed by atoms with E-state index < -0.39 is 6.10 Å². The van der Waals surface area contributed by atoms with Crippen molar-refractivity contribution in [1.29, 1.82) is 0 Å². The number of hydrogen-bond acceptors (Lipinski definition) is 8. The third-order valence-electron chi connectivity index (χ3n) is 5.99. The summed E-state index contributed by atoms with van der Waals surface area (Å²) in [6.07, 6.45) is 7.25. The summed E-state index contributed by atoms with van der Waals surface area (Å²) in [6.45, 7) is 3.15. The fourth-order valence-corrected chi connectivity index (χ4v) is 4.98. The summed E-state index contributed by atoms with van der Waals surface area (Å²) in [5.41, 5.74) is 0.613. The summed E-state index contributed by atoms with van der Waals surface area (Å²) in [4.78, 5) is 18.1. The van der Waals surface area contributed by atoms with Crippen LogP contribution in [0.25, 0.3) is 11.0 Å². The molecule has 1 unspecified atom stereocenters. The van der Waals surface area contributed by atoms with E-state index in [-0.39, 0.29) is 12.2 Å². The second-order valence-electron chi connectivity index (χ2n) is 8.62. The zero-order chi connectivity index (χ0) is 24.9. The standard InChI is InChI=1S/C27H29N3O5S/c1-3-4-5-6-9-14-33-20-13-12-18(15-22(20)32-2)16-24-26(31)30-27(36-24)28-25(29-30)23-17-34-19-10-7-8-11-21(19)35-23/h7-8,10-13,15-16,23H,3-6,9,14,17H2,1-2H3. The van der Waals surface area contributed by atoms with Crippen molar-refractivity contribution in [3.05, 3.63) is 68.7 Å². The van der Waals surface area contributed by atoms with Crippen molar-refractivity contribution >= 4 is 22.4 Å². The largest absolute Gasteiger partial charge is 0.493 e. The van der Waals surface area contributed by atoms with Gasteiger partial charge in [0.2, 0.25) is 4.96 Å². The highest BCUT2D eigenvalue weighted by Gasteiger charge is 2.27. The SMILES string of the molecule is CCCCCCCOc1ccc(C=c2sc3nc(C4COc5ccccc5O4)nn3c2=O)cc1OC. The first-order valence-electron chi connectivity index (χ1n) is 12.3. The summed E-state index contributed by atoms with van der Waals surface area (Å²) in [6, 6.07) is 13.1. The molecular formula is C27H29N3O5S. The van der Waals surface area contributed by atoms with E-state index in [0.29, 0.717) is 44.9 Å². The molecule has 36 heavy (non-hydrogen) atoms. The van der Waals surface area contributed by atoms with Crippen LogP contribution in [-0.4, -0.2) is 34.9 Å². The first-order valence-corrected chi connectivity index (χ1v) is 13.1. The van der Waals surface area contributed by atoms with Gasteiger partial charge >= 0.3 is 0 Å². The number of unbranched alkanes of at least 4 members (excludes halogenated alkanes) is 4. The number of para-hydroxylation sites is 2. The van der Waals surface area contributed by atoms with E-state index in [1.165, 1.54) is 35.1 Å². The van der Waals surface area contributed by atoms with Gasteiger partial charge in [0, 0.05) is 0 Å². The molecule has 2 aromatic heterocycles. The van der Waals surface area contributed by atoms with Gasteiger partial charge in [0.1, 0.15) is 6.61 Å². The van der Waals surface area contributed by atoms with Crippen LogP contribution >= 0.6 is 11.3 Å². The highest BCUT2D eigenvalue weighted by Crippen LogP contribution is 2.35. The van der Waals surface area contributed by atoms with Crippen molar-refractivity contribution in [2.24, 2.45) is 0 Å². The number of rotatable bonds is 10. The van der Waals surface area contributed by atoms with Gasteiger partial charge in [-0.15, -0.1) is 5.10 Å².